The summed E-state index contributed by atoms with van der Waals surface area (Å²) < 4.78 is 3.96. The first-order valence-electron chi connectivity index (χ1n) is 4.83. The molecule has 0 fully saturated rings. The Balaban J connectivity index is 2.44. The number of hydrogen-bond acceptors (Lipinski definition) is 2. The van der Waals surface area contributed by atoms with E-state index in [1.807, 2.05) is 42.2 Å². The zero-order chi connectivity index (χ0) is 11.7. The fourth-order valence-corrected chi connectivity index (χ4v) is 2.39. The Labute approximate surface area is 116 Å². The molecule has 1 aromatic heterocycles. The highest BCUT2D eigenvalue weighted by molar-refractivity contribution is 14.1. The van der Waals surface area contributed by atoms with E-state index >= 15 is 0 Å². The number of benzene rings is 1. The lowest BCUT2D eigenvalue weighted by Crippen LogP contribution is -2.05. The molecule has 84 valence electrons. The first-order chi connectivity index (χ1) is 7.58. The van der Waals surface area contributed by atoms with Crippen LogP contribution in [0.4, 0.5) is 0 Å². The lowest BCUT2D eigenvalue weighted by atomic mass is 10.1. The van der Waals surface area contributed by atoms with Gasteiger partial charge in [0.1, 0.15) is 0 Å². The SMILES string of the molecule is C[C@H](N)c1ccc(-n2cc(I)cn2)c(Br)c1. The second kappa shape index (κ2) is 4.85. The van der Waals surface area contributed by atoms with Crippen molar-refractivity contribution in [1.82, 2.24) is 9.78 Å². The van der Waals surface area contributed by atoms with Crippen LogP contribution < -0.4 is 5.73 Å². The fraction of sp³-hybridized carbons (Fsp3) is 0.182. The van der Waals surface area contributed by atoms with Crippen LogP contribution in [0.5, 0.6) is 0 Å². The average Bonchev–Trinajstić information content (AvgIpc) is 2.64. The van der Waals surface area contributed by atoms with Crippen molar-refractivity contribution in [2.24, 2.45) is 5.73 Å². The second-order valence-corrected chi connectivity index (χ2v) is 5.70. The lowest BCUT2D eigenvalue weighted by molar-refractivity contribution is 0.812. The third kappa shape index (κ3) is 2.46. The van der Waals surface area contributed by atoms with E-state index in [0.717, 1.165) is 19.3 Å². The van der Waals surface area contributed by atoms with Crippen molar-refractivity contribution in [3.8, 4) is 5.69 Å². The van der Waals surface area contributed by atoms with E-state index in [2.05, 4.69) is 43.6 Å². The Morgan fingerprint density at radius 1 is 1.50 bits per heavy atom. The predicted octanol–water partition coefficient (Wildman–Crippen LogP) is 3.26. The van der Waals surface area contributed by atoms with E-state index in [1.54, 1.807) is 0 Å². The molecular weight excluding hydrogens is 381 g/mol. The summed E-state index contributed by atoms with van der Waals surface area (Å²) in [5.74, 6) is 0. The number of rotatable bonds is 2. The van der Waals surface area contributed by atoms with Crippen LogP contribution in [0.25, 0.3) is 5.69 Å². The summed E-state index contributed by atoms with van der Waals surface area (Å²) in [6.45, 7) is 1.97. The van der Waals surface area contributed by atoms with Crippen molar-refractivity contribution in [2.75, 3.05) is 0 Å². The monoisotopic (exact) mass is 391 g/mol. The molecular formula is C11H11BrIN3. The van der Waals surface area contributed by atoms with Crippen LogP contribution >= 0.6 is 38.5 Å². The largest absolute Gasteiger partial charge is 0.324 e. The maximum atomic E-state index is 5.83. The van der Waals surface area contributed by atoms with Crippen molar-refractivity contribution in [1.29, 1.82) is 0 Å². The van der Waals surface area contributed by atoms with Gasteiger partial charge in [0.25, 0.3) is 0 Å². The zero-order valence-electron chi connectivity index (χ0n) is 8.69. The smallest absolute Gasteiger partial charge is 0.0788 e. The molecule has 2 N–H and O–H groups in total. The van der Waals surface area contributed by atoms with Gasteiger partial charge < -0.3 is 5.73 Å². The lowest BCUT2D eigenvalue weighted by Gasteiger charge is -2.09. The molecule has 0 aliphatic heterocycles. The molecule has 2 rings (SSSR count). The van der Waals surface area contributed by atoms with Crippen LogP contribution in [0.1, 0.15) is 18.5 Å². The molecule has 0 saturated carbocycles. The van der Waals surface area contributed by atoms with Gasteiger partial charge in [-0.1, -0.05) is 6.07 Å². The van der Waals surface area contributed by atoms with Crippen LogP contribution in [-0.4, -0.2) is 9.78 Å². The van der Waals surface area contributed by atoms with Crippen molar-refractivity contribution in [3.63, 3.8) is 0 Å². The molecule has 0 aliphatic rings. The first-order valence-corrected chi connectivity index (χ1v) is 6.70. The first kappa shape index (κ1) is 12.1. The number of nitrogens with two attached hydrogens (primary N) is 1. The van der Waals surface area contributed by atoms with Crippen molar-refractivity contribution in [3.05, 3.63) is 44.2 Å². The van der Waals surface area contributed by atoms with E-state index in [9.17, 15) is 0 Å². The van der Waals surface area contributed by atoms with Crippen LogP contribution in [0.15, 0.2) is 35.1 Å². The molecule has 3 nitrogen and oxygen atoms in total. The van der Waals surface area contributed by atoms with Gasteiger partial charge >= 0.3 is 0 Å². The third-order valence-electron chi connectivity index (χ3n) is 2.30. The molecule has 0 spiro atoms. The van der Waals surface area contributed by atoms with Gasteiger partial charge in [0.15, 0.2) is 0 Å². The summed E-state index contributed by atoms with van der Waals surface area (Å²) in [5.41, 5.74) is 7.96. The summed E-state index contributed by atoms with van der Waals surface area (Å²) in [5, 5.41) is 4.27. The Hall–Kier alpha value is -0.400. The van der Waals surface area contributed by atoms with Crippen molar-refractivity contribution in [2.45, 2.75) is 13.0 Å². The van der Waals surface area contributed by atoms with Crippen LogP contribution in [0.2, 0.25) is 0 Å². The average molecular weight is 392 g/mol. The highest BCUT2D eigenvalue weighted by atomic mass is 127. The molecule has 0 saturated heterocycles. The van der Waals surface area contributed by atoms with Crippen LogP contribution in [0.3, 0.4) is 0 Å². The summed E-state index contributed by atoms with van der Waals surface area (Å²) in [4.78, 5) is 0. The number of nitrogens with zero attached hydrogens (tertiary/aromatic N) is 2. The Morgan fingerprint density at radius 3 is 2.75 bits per heavy atom. The maximum absolute atomic E-state index is 5.83. The molecule has 1 aromatic carbocycles. The Morgan fingerprint density at radius 2 is 2.25 bits per heavy atom. The van der Waals surface area contributed by atoms with Crippen molar-refractivity contribution < 1.29 is 0 Å². The molecule has 16 heavy (non-hydrogen) atoms. The van der Waals surface area contributed by atoms with E-state index in [0.29, 0.717) is 0 Å². The van der Waals surface area contributed by atoms with Gasteiger partial charge in [-0.3, -0.25) is 0 Å². The predicted molar refractivity (Wildman–Crippen MR) is 76.6 cm³/mol. The highest BCUT2D eigenvalue weighted by Crippen LogP contribution is 2.24. The summed E-state index contributed by atoms with van der Waals surface area (Å²) in [7, 11) is 0. The summed E-state index contributed by atoms with van der Waals surface area (Å²) >= 11 is 5.78. The molecule has 5 heteroatoms. The molecule has 2 aromatic rings. The minimum Gasteiger partial charge on any atom is -0.324 e. The van der Waals surface area contributed by atoms with Gasteiger partial charge in [0.05, 0.1) is 15.5 Å². The zero-order valence-corrected chi connectivity index (χ0v) is 12.4. The molecule has 0 unspecified atom stereocenters. The van der Waals surface area contributed by atoms with Crippen molar-refractivity contribution >= 4 is 38.5 Å². The Kier molecular flexibility index (Phi) is 3.66. The van der Waals surface area contributed by atoms with Gasteiger partial charge in [-0.15, -0.1) is 0 Å². The van der Waals surface area contributed by atoms with E-state index < -0.39 is 0 Å². The molecule has 0 bridgehead atoms. The van der Waals surface area contributed by atoms with Crippen LogP contribution in [-0.2, 0) is 0 Å². The third-order valence-corrected chi connectivity index (χ3v) is 3.49. The number of hydrogen-bond donors (Lipinski definition) is 1. The minimum absolute atomic E-state index is 0.0445. The van der Waals surface area contributed by atoms with Gasteiger partial charge in [-0.25, -0.2) is 4.68 Å². The quantitative estimate of drug-likeness (QED) is 0.798. The number of aromatic nitrogens is 2. The topological polar surface area (TPSA) is 43.8 Å². The Bertz CT molecular complexity index is 508. The van der Waals surface area contributed by atoms with Gasteiger partial charge in [-0.05, 0) is 63.1 Å². The second-order valence-electron chi connectivity index (χ2n) is 3.60. The molecule has 1 heterocycles. The van der Waals surface area contributed by atoms with Gasteiger partial charge in [-0.2, -0.15) is 5.10 Å². The minimum atomic E-state index is 0.0445. The van der Waals surface area contributed by atoms with E-state index in [1.165, 1.54) is 0 Å². The van der Waals surface area contributed by atoms with Gasteiger partial charge in [0, 0.05) is 16.7 Å². The molecule has 0 aliphatic carbocycles. The summed E-state index contributed by atoms with van der Waals surface area (Å²) in [6.07, 6.45) is 3.80. The van der Waals surface area contributed by atoms with E-state index in [-0.39, 0.29) is 6.04 Å². The molecule has 1 atom stereocenters. The molecule has 0 radical (unpaired) electrons. The number of halogens is 2. The van der Waals surface area contributed by atoms with Crippen LogP contribution in [0, 0.1) is 3.57 Å². The normalized spacial score (nSPS) is 12.8. The standard InChI is InChI=1S/C11H11BrIN3/c1-7(14)8-2-3-11(10(12)4-8)16-6-9(13)5-15-16/h2-7H,14H2,1H3/t7-/m0/s1. The summed E-state index contributed by atoms with van der Waals surface area (Å²) in [6, 6.07) is 6.13. The highest BCUT2D eigenvalue weighted by Gasteiger charge is 2.07. The maximum Gasteiger partial charge on any atom is 0.0788 e. The van der Waals surface area contributed by atoms with E-state index in [4.69, 9.17) is 5.73 Å². The fourth-order valence-electron chi connectivity index (χ4n) is 1.42. The molecule has 0 amide bonds. The van der Waals surface area contributed by atoms with Gasteiger partial charge in [0.2, 0.25) is 0 Å².